The molecule has 1 aromatic carbocycles. The highest BCUT2D eigenvalue weighted by molar-refractivity contribution is 5.24. The molecule has 4 nitrogen and oxygen atoms in total. The van der Waals surface area contributed by atoms with E-state index in [0.29, 0.717) is 6.54 Å². The minimum Gasteiger partial charge on any atom is -0.386 e. The summed E-state index contributed by atoms with van der Waals surface area (Å²) in [6.07, 6.45) is 4.76. The summed E-state index contributed by atoms with van der Waals surface area (Å²) in [5.41, 5.74) is 2.23. The third-order valence-electron chi connectivity index (χ3n) is 2.73. The Labute approximate surface area is 101 Å². The van der Waals surface area contributed by atoms with Crippen molar-refractivity contribution in [2.45, 2.75) is 32.4 Å². The predicted molar refractivity (Wildman–Crippen MR) is 65.4 cm³/mol. The standard InChI is InChI=1S/C13H17N3O/c1-2-3-11-4-6-12(7-5-11)13(17)8-16-10-14-9-15-16/h4-7,9-10,13,17H,2-3,8H2,1H3. The third kappa shape index (κ3) is 3.14. The number of hydrogen-bond acceptors (Lipinski definition) is 3. The number of aryl methyl sites for hydroxylation is 1. The first kappa shape index (κ1) is 11.8. The van der Waals surface area contributed by atoms with Crippen LogP contribution in [0.15, 0.2) is 36.9 Å². The second kappa shape index (κ2) is 5.59. The molecule has 1 heterocycles. The van der Waals surface area contributed by atoms with Crippen molar-refractivity contribution < 1.29 is 5.11 Å². The lowest BCUT2D eigenvalue weighted by Crippen LogP contribution is -2.09. The van der Waals surface area contributed by atoms with Crippen LogP contribution < -0.4 is 0 Å². The predicted octanol–water partition coefficient (Wildman–Crippen LogP) is 1.96. The van der Waals surface area contributed by atoms with E-state index in [9.17, 15) is 5.11 Å². The highest BCUT2D eigenvalue weighted by Crippen LogP contribution is 2.16. The van der Waals surface area contributed by atoms with E-state index in [4.69, 9.17) is 0 Å². The Hall–Kier alpha value is -1.68. The molecular weight excluding hydrogens is 214 g/mol. The highest BCUT2D eigenvalue weighted by Gasteiger charge is 2.08. The topological polar surface area (TPSA) is 50.9 Å². The Bertz CT molecular complexity index is 436. The highest BCUT2D eigenvalue weighted by atomic mass is 16.3. The van der Waals surface area contributed by atoms with Gasteiger partial charge >= 0.3 is 0 Å². The first-order chi connectivity index (χ1) is 8.29. The number of aromatic nitrogens is 3. The molecule has 0 saturated carbocycles. The molecule has 0 radical (unpaired) electrons. The average Bonchev–Trinajstić information content (AvgIpc) is 2.83. The van der Waals surface area contributed by atoms with Crippen LogP contribution in [0.2, 0.25) is 0 Å². The zero-order chi connectivity index (χ0) is 12.1. The maximum absolute atomic E-state index is 10.0. The zero-order valence-corrected chi connectivity index (χ0v) is 9.95. The van der Waals surface area contributed by atoms with Crippen molar-refractivity contribution in [3.05, 3.63) is 48.0 Å². The van der Waals surface area contributed by atoms with Gasteiger partial charge in [-0.1, -0.05) is 37.6 Å². The third-order valence-corrected chi connectivity index (χ3v) is 2.73. The molecule has 0 spiro atoms. The Balaban J connectivity index is 2.01. The van der Waals surface area contributed by atoms with Crippen LogP contribution in [-0.2, 0) is 13.0 Å². The first-order valence-corrected chi connectivity index (χ1v) is 5.89. The lowest BCUT2D eigenvalue weighted by atomic mass is 10.0. The smallest absolute Gasteiger partial charge is 0.137 e. The molecule has 2 aromatic rings. The van der Waals surface area contributed by atoms with Crippen molar-refractivity contribution in [3.63, 3.8) is 0 Å². The van der Waals surface area contributed by atoms with Gasteiger partial charge in [0.25, 0.3) is 0 Å². The second-order valence-electron chi connectivity index (χ2n) is 4.12. The molecule has 4 heteroatoms. The molecule has 90 valence electrons. The number of aliphatic hydroxyl groups excluding tert-OH is 1. The minimum atomic E-state index is -0.535. The van der Waals surface area contributed by atoms with Crippen molar-refractivity contribution >= 4 is 0 Å². The van der Waals surface area contributed by atoms with Gasteiger partial charge in [-0.15, -0.1) is 0 Å². The Morgan fingerprint density at radius 1 is 1.29 bits per heavy atom. The molecule has 0 fully saturated rings. The second-order valence-corrected chi connectivity index (χ2v) is 4.12. The van der Waals surface area contributed by atoms with Crippen LogP contribution in [0.3, 0.4) is 0 Å². The molecule has 0 aliphatic rings. The zero-order valence-electron chi connectivity index (χ0n) is 9.95. The van der Waals surface area contributed by atoms with Crippen LogP contribution in [0.1, 0.15) is 30.6 Å². The minimum absolute atomic E-state index is 0.438. The molecule has 0 saturated heterocycles. The van der Waals surface area contributed by atoms with Gasteiger partial charge in [0.2, 0.25) is 0 Å². The Morgan fingerprint density at radius 2 is 2.06 bits per heavy atom. The molecule has 0 amide bonds. The average molecular weight is 231 g/mol. The number of benzene rings is 1. The number of nitrogens with zero attached hydrogens (tertiary/aromatic N) is 3. The molecule has 0 bridgehead atoms. The van der Waals surface area contributed by atoms with Gasteiger partial charge in [-0.05, 0) is 17.5 Å². The Kier molecular flexibility index (Phi) is 3.88. The molecule has 1 unspecified atom stereocenters. The number of rotatable bonds is 5. The van der Waals surface area contributed by atoms with E-state index in [2.05, 4.69) is 29.1 Å². The largest absolute Gasteiger partial charge is 0.386 e. The first-order valence-electron chi connectivity index (χ1n) is 5.89. The van der Waals surface area contributed by atoms with Gasteiger partial charge < -0.3 is 5.11 Å². The maximum atomic E-state index is 10.0. The van der Waals surface area contributed by atoms with Gasteiger partial charge in [0.15, 0.2) is 0 Å². The van der Waals surface area contributed by atoms with Crippen LogP contribution in [0.25, 0.3) is 0 Å². The summed E-state index contributed by atoms with van der Waals surface area (Å²) in [4.78, 5) is 3.85. The summed E-state index contributed by atoms with van der Waals surface area (Å²) in [7, 11) is 0. The normalized spacial score (nSPS) is 12.6. The van der Waals surface area contributed by atoms with Crippen molar-refractivity contribution in [2.24, 2.45) is 0 Å². The van der Waals surface area contributed by atoms with Crippen molar-refractivity contribution in [3.8, 4) is 0 Å². The van der Waals surface area contributed by atoms with E-state index in [-0.39, 0.29) is 0 Å². The maximum Gasteiger partial charge on any atom is 0.137 e. The van der Waals surface area contributed by atoms with Gasteiger partial charge in [0, 0.05) is 0 Å². The van der Waals surface area contributed by atoms with E-state index in [1.165, 1.54) is 11.9 Å². The van der Waals surface area contributed by atoms with Crippen molar-refractivity contribution in [1.29, 1.82) is 0 Å². The fourth-order valence-corrected chi connectivity index (χ4v) is 1.80. The Morgan fingerprint density at radius 3 is 2.65 bits per heavy atom. The lowest BCUT2D eigenvalue weighted by molar-refractivity contribution is 0.151. The fourth-order valence-electron chi connectivity index (χ4n) is 1.80. The SMILES string of the molecule is CCCc1ccc(C(O)Cn2cncn2)cc1. The number of aliphatic hydroxyl groups is 1. The van der Waals surface area contributed by atoms with E-state index >= 15 is 0 Å². The molecule has 0 aliphatic heterocycles. The monoisotopic (exact) mass is 231 g/mol. The van der Waals surface area contributed by atoms with Gasteiger partial charge in [-0.3, -0.25) is 4.68 Å². The lowest BCUT2D eigenvalue weighted by Gasteiger charge is -2.11. The van der Waals surface area contributed by atoms with E-state index in [1.54, 1.807) is 11.0 Å². The molecule has 1 aromatic heterocycles. The summed E-state index contributed by atoms with van der Waals surface area (Å²) >= 11 is 0. The molecule has 1 atom stereocenters. The van der Waals surface area contributed by atoms with Crippen LogP contribution in [0.5, 0.6) is 0 Å². The summed E-state index contributed by atoms with van der Waals surface area (Å²) in [6.45, 7) is 2.60. The van der Waals surface area contributed by atoms with E-state index < -0.39 is 6.10 Å². The summed E-state index contributed by atoms with van der Waals surface area (Å²) < 4.78 is 1.63. The van der Waals surface area contributed by atoms with Gasteiger partial charge in [0.1, 0.15) is 12.7 Å². The summed E-state index contributed by atoms with van der Waals surface area (Å²) in [6, 6.07) is 8.10. The van der Waals surface area contributed by atoms with Gasteiger partial charge in [0.05, 0.1) is 12.6 Å². The van der Waals surface area contributed by atoms with Crippen LogP contribution in [0.4, 0.5) is 0 Å². The van der Waals surface area contributed by atoms with Crippen LogP contribution in [0, 0.1) is 0 Å². The quantitative estimate of drug-likeness (QED) is 0.855. The van der Waals surface area contributed by atoms with Gasteiger partial charge in [-0.25, -0.2) is 4.98 Å². The van der Waals surface area contributed by atoms with Crippen molar-refractivity contribution in [2.75, 3.05) is 0 Å². The van der Waals surface area contributed by atoms with E-state index in [1.807, 2.05) is 12.1 Å². The molecule has 2 rings (SSSR count). The van der Waals surface area contributed by atoms with Crippen LogP contribution >= 0.6 is 0 Å². The fraction of sp³-hybridized carbons (Fsp3) is 0.385. The van der Waals surface area contributed by atoms with E-state index in [0.717, 1.165) is 18.4 Å². The molecule has 0 aliphatic carbocycles. The molecular formula is C13H17N3O. The number of hydrogen-bond donors (Lipinski definition) is 1. The molecule has 1 N–H and O–H groups in total. The summed E-state index contributed by atoms with van der Waals surface area (Å²) in [5.74, 6) is 0. The van der Waals surface area contributed by atoms with Gasteiger partial charge in [-0.2, -0.15) is 5.10 Å². The summed E-state index contributed by atoms with van der Waals surface area (Å²) in [5, 5.41) is 14.0. The van der Waals surface area contributed by atoms with Crippen LogP contribution in [-0.4, -0.2) is 19.9 Å². The van der Waals surface area contributed by atoms with Crippen molar-refractivity contribution in [1.82, 2.24) is 14.8 Å². The molecule has 17 heavy (non-hydrogen) atoms.